The lowest BCUT2D eigenvalue weighted by atomic mass is 9.96. The van der Waals surface area contributed by atoms with Gasteiger partial charge in [-0.05, 0) is 41.7 Å². The predicted octanol–water partition coefficient (Wildman–Crippen LogP) is 1.89. The van der Waals surface area contributed by atoms with E-state index in [2.05, 4.69) is 5.32 Å². The van der Waals surface area contributed by atoms with E-state index in [1.165, 1.54) is 0 Å². The quantitative estimate of drug-likeness (QED) is 0.485. The van der Waals surface area contributed by atoms with Crippen LogP contribution in [0, 0.1) is 5.41 Å². The van der Waals surface area contributed by atoms with Crippen LogP contribution in [0.2, 0.25) is 0 Å². The first-order chi connectivity index (χ1) is 12.4. The first kappa shape index (κ1) is 17.6. The molecule has 7 nitrogen and oxygen atoms in total. The summed E-state index contributed by atoms with van der Waals surface area (Å²) in [6, 6.07) is 14.5. The zero-order valence-electron chi connectivity index (χ0n) is 14.1. The second kappa shape index (κ2) is 6.97. The number of carbonyl (C=O) groups excluding carboxylic acids is 1. The third-order valence-corrected chi connectivity index (χ3v) is 4.59. The highest BCUT2D eigenvalue weighted by Gasteiger charge is 2.39. The molecule has 5 N–H and O–H groups in total. The number of rotatable bonds is 5. The third kappa shape index (κ3) is 3.43. The number of carboxylic acid groups (broad SMARTS) is 1. The normalized spacial score (nSPS) is 14.3. The van der Waals surface area contributed by atoms with Crippen molar-refractivity contribution in [3.05, 3.63) is 65.2 Å². The van der Waals surface area contributed by atoms with Gasteiger partial charge in [0.2, 0.25) is 5.91 Å². The summed E-state index contributed by atoms with van der Waals surface area (Å²) in [5.74, 6) is -0.204. The topological polar surface area (TPSA) is 120 Å². The molecule has 134 valence electrons. The highest BCUT2D eigenvalue weighted by Crippen LogP contribution is 2.28. The molecular weight excluding hydrogens is 332 g/mol. The van der Waals surface area contributed by atoms with E-state index >= 15 is 0 Å². The molecule has 0 heterocycles. The summed E-state index contributed by atoms with van der Waals surface area (Å²) < 4.78 is 0. The summed E-state index contributed by atoms with van der Waals surface area (Å²) in [4.78, 5) is 24.4. The Kier molecular flexibility index (Phi) is 4.73. The molecule has 0 saturated carbocycles. The summed E-state index contributed by atoms with van der Waals surface area (Å²) in [6.45, 7) is 0.298. The van der Waals surface area contributed by atoms with Gasteiger partial charge in [0.1, 0.15) is 5.54 Å². The van der Waals surface area contributed by atoms with E-state index in [0.29, 0.717) is 25.1 Å². The highest BCUT2D eigenvalue weighted by molar-refractivity contribution is 6.03. The molecule has 7 heteroatoms. The summed E-state index contributed by atoms with van der Waals surface area (Å²) in [5, 5.41) is 19.0. The number of anilines is 1. The molecule has 2 aromatic rings. The fraction of sp³-hybridized carbons (Fsp3) is 0.211. The van der Waals surface area contributed by atoms with E-state index in [4.69, 9.17) is 16.2 Å². The van der Waals surface area contributed by atoms with Crippen LogP contribution in [0.5, 0.6) is 0 Å². The maximum absolute atomic E-state index is 12.6. The number of benzene rings is 2. The van der Waals surface area contributed by atoms with Crippen molar-refractivity contribution in [2.45, 2.75) is 24.9 Å². The van der Waals surface area contributed by atoms with Crippen LogP contribution in [0.15, 0.2) is 48.5 Å². The van der Waals surface area contributed by atoms with Gasteiger partial charge in [-0.3, -0.25) is 10.2 Å². The van der Waals surface area contributed by atoms with Crippen molar-refractivity contribution in [2.75, 3.05) is 4.90 Å². The minimum absolute atomic E-state index is 0.204. The Hall–Kier alpha value is -3.19. The van der Waals surface area contributed by atoms with Gasteiger partial charge >= 0.3 is 6.09 Å². The van der Waals surface area contributed by atoms with Crippen molar-refractivity contribution in [1.82, 2.24) is 5.32 Å². The van der Waals surface area contributed by atoms with Gasteiger partial charge in [0.05, 0.1) is 12.0 Å². The van der Waals surface area contributed by atoms with Crippen LogP contribution in [0.25, 0.3) is 0 Å². The first-order valence-electron chi connectivity index (χ1n) is 8.18. The molecule has 0 radical (unpaired) electrons. The number of carbonyl (C=O) groups is 2. The van der Waals surface area contributed by atoms with Crippen molar-refractivity contribution >= 4 is 24.0 Å². The van der Waals surface area contributed by atoms with E-state index in [0.717, 1.165) is 27.9 Å². The van der Waals surface area contributed by atoms with Crippen molar-refractivity contribution in [1.29, 1.82) is 5.41 Å². The number of hydrogen-bond acceptors (Lipinski definition) is 4. The second-order valence-corrected chi connectivity index (χ2v) is 6.41. The Morgan fingerprint density at radius 3 is 2.23 bits per heavy atom. The molecule has 2 amide bonds. The van der Waals surface area contributed by atoms with Crippen molar-refractivity contribution in [3.8, 4) is 0 Å². The summed E-state index contributed by atoms with van der Waals surface area (Å²) in [6.07, 6.45) is 0.531. The molecule has 26 heavy (non-hydrogen) atoms. The van der Waals surface area contributed by atoms with Gasteiger partial charge in [0.15, 0.2) is 0 Å². The van der Waals surface area contributed by atoms with E-state index in [1.807, 2.05) is 24.3 Å². The van der Waals surface area contributed by atoms with Crippen molar-refractivity contribution in [3.63, 3.8) is 0 Å². The monoisotopic (exact) mass is 352 g/mol. The van der Waals surface area contributed by atoms with Crippen LogP contribution in [-0.4, -0.2) is 29.0 Å². The Morgan fingerprint density at radius 2 is 1.73 bits per heavy atom. The van der Waals surface area contributed by atoms with Gasteiger partial charge in [-0.1, -0.05) is 36.4 Å². The molecule has 0 saturated heterocycles. The number of amides is 2. The number of nitrogens with one attached hydrogen (secondary N) is 2. The molecule has 0 aliphatic heterocycles. The van der Waals surface area contributed by atoms with Crippen LogP contribution in [0.4, 0.5) is 10.5 Å². The molecule has 0 bridgehead atoms. The molecule has 3 rings (SSSR count). The van der Waals surface area contributed by atoms with Crippen LogP contribution in [-0.2, 0) is 24.2 Å². The summed E-state index contributed by atoms with van der Waals surface area (Å²) >= 11 is 0. The molecule has 0 fully saturated rings. The van der Waals surface area contributed by atoms with E-state index in [1.54, 1.807) is 24.3 Å². The van der Waals surface area contributed by atoms with Gasteiger partial charge < -0.3 is 16.2 Å². The standard InChI is InChI=1S/C19H20N4O3/c20-12-23(18(25)26)16-7-5-13(6-8-16)11-22-17(24)19(21)9-14-3-1-2-4-15(14)10-19/h1-8,12,20H,9-11,21H2,(H,22,24)(H,25,26). The lowest BCUT2D eigenvalue weighted by molar-refractivity contribution is -0.126. The molecule has 0 spiro atoms. The molecule has 2 aromatic carbocycles. The van der Waals surface area contributed by atoms with Crippen LogP contribution in [0.3, 0.4) is 0 Å². The van der Waals surface area contributed by atoms with Crippen LogP contribution in [0.1, 0.15) is 16.7 Å². The highest BCUT2D eigenvalue weighted by atomic mass is 16.4. The molecule has 1 aliphatic rings. The van der Waals surface area contributed by atoms with Gasteiger partial charge in [-0.15, -0.1) is 0 Å². The number of fused-ring (bicyclic) bond motifs is 1. The van der Waals surface area contributed by atoms with E-state index < -0.39 is 11.6 Å². The fourth-order valence-electron chi connectivity index (χ4n) is 3.18. The number of hydrogen-bond donors (Lipinski definition) is 4. The van der Waals surface area contributed by atoms with Gasteiger partial charge in [-0.2, -0.15) is 0 Å². The first-order valence-corrected chi connectivity index (χ1v) is 8.18. The summed E-state index contributed by atoms with van der Waals surface area (Å²) in [5.41, 5.74) is 8.78. The minimum Gasteiger partial charge on any atom is -0.464 e. The van der Waals surface area contributed by atoms with Crippen LogP contribution >= 0.6 is 0 Å². The number of nitrogens with zero attached hydrogens (tertiary/aromatic N) is 1. The Balaban J connectivity index is 1.62. The molecule has 0 aromatic heterocycles. The van der Waals surface area contributed by atoms with E-state index in [9.17, 15) is 9.59 Å². The SMILES string of the molecule is N=CN(C(=O)O)c1ccc(CNC(=O)C2(N)Cc3ccccc3C2)cc1. The molecule has 0 atom stereocenters. The van der Waals surface area contributed by atoms with Gasteiger partial charge in [0, 0.05) is 6.54 Å². The van der Waals surface area contributed by atoms with Crippen molar-refractivity contribution < 1.29 is 14.7 Å². The zero-order valence-corrected chi connectivity index (χ0v) is 14.1. The Morgan fingerprint density at radius 1 is 1.15 bits per heavy atom. The third-order valence-electron chi connectivity index (χ3n) is 4.59. The fourth-order valence-corrected chi connectivity index (χ4v) is 3.18. The lowest BCUT2D eigenvalue weighted by Gasteiger charge is -2.22. The maximum Gasteiger partial charge on any atom is 0.417 e. The minimum atomic E-state index is -1.23. The Bertz CT molecular complexity index is 823. The zero-order chi connectivity index (χ0) is 18.7. The van der Waals surface area contributed by atoms with E-state index in [-0.39, 0.29) is 5.91 Å². The maximum atomic E-state index is 12.6. The largest absolute Gasteiger partial charge is 0.464 e. The summed E-state index contributed by atoms with van der Waals surface area (Å²) in [7, 11) is 0. The van der Waals surface area contributed by atoms with Crippen molar-refractivity contribution in [2.24, 2.45) is 5.73 Å². The smallest absolute Gasteiger partial charge is 0.417 e. The average molecular weight is 352 g/mol. The molecular formula is C19H20N4O3. The van der Waals surface area contributed by atoms with Crippen LogP contribution < -0.4 is 16.0 Å². The lowest BCUT2D eigenvalue weighted by Crippen LogP contribution is -2.54. The Labute approximate surface area is 150 Å². The predicted molar refractivity (Wildman–Crippen MR) is 98.3 cm³/mol. The average Bonchev–Trinajstić information content (AvgIpc) is 2.98. The molecule has 1 aliphatic carbocycles. The van der Waals surface area contributed by atoms with Gasteiger partial charge in [0.25, 0.3) is 0 Å². The number of nitrogens with two attached hydrogens (primary N) is 1. The molecule has 0 unspecified atom stereocenters. The van der Waals surface area contributed by atoms with Gasteiger partial charge in [-0.25, -0.2) is 9.69 Å². The second-order valence-electron chi connectivity index (χ2n) is 6.41.